The van der Waals surface area contributed by atoms with Gasteiger partial charge in [0, 0.05) is 30.2 Å². The average Bonchev–Trinajstić information content (AvgIpc) is 2.61. The first-order valence-corrected chi connectivity index (χ1v) is 9.62. The molecule has 1 aliphatic heterocycles. The number of nitrogens with zero attached hydrogens (tertiary/aromatic N) is 1. The minimum absolute atomic E-state index is 0.0739. The monoisotopic (exact) mass is 329 g/mol. The fourth-order valence-electron chi connectivity index (χ4n) is 2.35. The Morgan fingerprint density at radius 1 is 1.24 bits per heavy atom. The summed E-state index contributed by atoms with van der Waals surface area (Å²) in [7, 11) is -3.41. The first-order chi connectivity index (χ1) is 9.85. The van der Waals surface area contributed by atoms with Crippen LogP contribution in [0.25, 0.3) is 0 Å². The second-order valence-electron chi connectivity index (χ2n) is 5.88. The number of hydrogen-bond donors (Lipinski definition) is 1. The van der Waals surface area contributed by atoms with E-state index in [-0.39, 0.29) is 11.4 Å². The van der Waals surface area contributed by atoms with E-state index in [0.29, 0.717) is 24.4 Å². The summed E-state index contributed by atoms with van der Waals surface area (Å²) in [5.41, 5.74) is 0.948. The van der Waals surface area contributed by atoms with Crippen molar-refractivity contribution in [3.8, 4) is 0 Å². The van der Waals surface area contributed by atoms with Crippen molar-refractivity contribution in [3.63, 3.8) is 0 Å². The second kappa shape index (κ2) is 6.69. The van der Waals surface area contributed by atoms with Gasteiger partial charge in [-0.3, -0.25) is 0 Å². The Hall–Kier alpha value is -0.560. The van der Waals surface area contributed by atoms with Crippen LogP contribution in [0.2, 0.25) is 0 Å². The van der Waals surface area contributed by atoms with Gasteiger partial charge in [-0.05, 0) is 30.5 Å². The Balaban J connectivity index is 2.17. The van der Waals surface area contributed by atoms with E-state index in [1.54, 1.807) is 28.6 Å². The lowest BCUT2D eigenvalue weighted by Gasteiger charge is -2.22. The number of aliphatic hydroxyl groups excluding tert-OH is 1. The SMILES string of the molecule is CC1(C)CCN(S(=O)(=O)c2ccc(CCO)cc2)CCS1. The van der Waals surface area contributed by atoms with Gasteiger partial charge in [-0.2, -0.15) is 16.1 Å². The van der Waals surface area contributed by atoms with E-state index in [4.69, 9.17) is 5.11 Å². The van der Waals surface area contributed by atoms with Gasteiger partial charge in [-0.25, -0.2) is 8.42 Å². The largest absolute Gasteiger partial charge is 0.396 e. The fraction of sp³-hybridized carbons (Fsp3) is 0.600. The molecule has 118 valence electrons. The minimum atomic E-state index is -3.41. The molecule has 0 aromatic heterocycles. The number of benzene rings is 1. The van der Waals surface area contributed by atoms with E-state index in [1.807, 2.05) is 11.8 Å². The summed E-state index contributed by atoms with van der Waals surface area (Å²) in [6, 6.07) is 6.84. The molecule has 0 atom stereocenters. The Bertz CT molecular complexity index is 567. The van der Waals surface area contributed by atoms with Gasteiger partial charge in [0.2, 0.25) is 10.0 Å². The molecule has 6 heteroatoms. The van der Waals surface area contributed by atoms with Crippen molar-refractivity contribution >= 4 is 21.8 Å². The van der Waals surface area contributed by atoms with Crippen molar-refractivity contribution in [2.45, 2.75) is 36.3 Å². The molecule has 4 nitrogen and oxygen atoms in total. The molecule has 21 heavy (non-hydrogen) atoms. The maximum absolute atomic E-state index is 12.7. The summed E-state index contributed by atoms with van der Waals surface area (Å²) >= 11 is 1.83. The molecule has 1 heterocycles. The first kappa shape index (κ1) is 16.8. The van der Waals surface area contributed by atoms with Crippen molar-refractivity contribution in [2.75, 3.05) is 25.4 Å². The standard InChI is InChI=1S/C15H23NO3S2/c1-15(2)8-9-16(10-12-20-15)21(18,19)14-5-3-13(4-6-14)7-11-17/h3-6,17H,7-12H2,1-2H3. The minimum Gasteiger partial charge on any atom is -0.396 e. The molecule has 0 amide bonds. The third kappa shape index (κ3) is 4.22. The lowest BCUT2D eigenvalue weighted by Crippen LogP contribution is -2.33. The van der Waals surface area contributed by atoms with Crippen LogP contribution in [0.3, 0.4) is 0 Å². The fourth-order valence-corrected chi connectivity index (χ4v) is 5.01. The highest BCUT2D eigenvalue weighted by molar-refractivity contribution is 8.00. The Labute approximate surface area is 131 Å². The molecule has 2 rings (SSSR count). The van der Waals surface area contributed by atoms with Crippen LogP contribution in [0.4, 0.5) is 0 Å². The molecule has 0 saturated carbocycles. The molecule has 0 bridgehead atoms. The molecule has 1 fully saturated rings. The number of sulfonamides is 1. The zero-order chi connectivity index (χ0) is 15.5. The van der Waals surface area contributed by atoms with E-state index in [9.17, 15) is 8.42 Å². The molecule has 1 aliphatic rings. The molecule has 1 saturated heterocycles. The van der Waals surface area contributed by atoms with E-state index in [0.717, 1.165) is 17.7 Å². The van der Waals surface area contributed by atoms with Crippen LogP contribution >= 0.6 is 11.8 Å². The maximum atomic E-state index is 12.7. The lowest BCUT2D eigenvalue weighted by atomic mass is 10.1. The van der Waals surface area contributed by atoms with Crippen LogP contribution in [-0.4, -0.2) is 48.0 Å². The van der Waals surface area contributed by atoms with E-state index < -0.39 is 10.0 Å². The highest BCUT2D eigenvalue weighted by atomic mass is 32.2. The van der Waals surface area contributed by atoms with E-state index in [2.05, 4.69) is 13.8 Å². The maximum Gasteiger partial charge on any atom is 0.243 e. The van der Waals surface area contributed by atoms with E-state index >= 15 is 0 Å². The van der Waals surface area contributed by atoms with Crippen molar-refractivity contribution in [3.05, 3.63) is 29.8 Å². The van der Waals surface area contributed by atoms with Gasteiger partial charge in [0.25, 0.3) is 0 Å². The lowest BCUT2D eigenvalue weighted by molar-refractivity contribution is 0.299. The molecule has 0 aliphatic carbocycles. The summed E-state index contributed by atoms with van der Waals surface area (Å²) < 4.78 is 27.1. The normalized spacial score (nSPS) is 20.1. The summed E-state index contributed by atoms with van der Waals surface area (Å²) in [6.07, 6.45) is 1.41. The van der Waals surface area contributed by atoms with Crippen LogP contribution in [0, 0.1) is 0 Å². The first-order valence-electron chi connectivity index (χ1n) is 7.19. The van der Waals surface area contributed by atoms with Crippen molar-refractivity contribution in [2.24, 2.45) is 0 Å². The second-order valence-corrected chi connectivity index (χ2v) is 9.62. The summed E-state index contributed by atoms with van der Waals surface area (Å²) in [6.45, 7) is 5.54. The number of aliphatic hydroxyl groups is 1. The highest BCUT2D eigenvalue weighted by Gasteiger charge is 2.30. The zero-order valence-corrected chi connectivity index (χ0v) is 14.2. The topological polar surface area (TPSA) is 57.6 Å². The number of thioether (sulfide) groups is 1. The molecular formula is C15H23NO3S2. The van der Waals surface area contributed by atoms with Crippen molar-refractivity contribution < 1.29 is 13.5 Å². The van der Waals surface area contributed by atoms with E-state index in [1.165, 1.54) is 0 Å². The molecule has 0 radical (unpaired) electrons. The van der Waals surface area contributed by atoms with Gasteiger partial charge in [0.05, 0.1) is 4.90 Å². The third-order valence-corrected chi connectivity index (χ3v) is 7.04. The van der Waals surface area contributed by atoms with Gasteiger partial charge in [0.1, 0.15) is 0 Å². The smallest absolute Gasteiger partial charge is 0.243 e. The van der Waals surface area contributed by atoms with Gasteiger partial charge in [0.15, 0.2) is 0 Å². The van der Waals surface area contributed by atoms with Gasteiger partial charge >= 0.3 is 0 Å². The van der Waals surface area contributed by atoms with Crippen molar-refractivity contribution in [1.82, 2.24) is 4.31 Å². The molecule has 1 aromatic rings. The molecule has 0 spiro atoms. The Morgan fingerprint density at radius 3 is 2.52 bits per heavy atom. The molecule has 1 aromatic carbocycles. The van der Waals surface area contributed by atoms with Crippen LogP contribution in [0.1, 0.15) is 25.8 Å². The summed E-state index contributed by atoms with van der Waals surface area (Å²) in [5, 5.41) is 8.90. The predicted octanol–water partition coefficient (Wildman–Crippen LogP) is 2.13. The molecular weight excluding hydrogens is 306 g/mol. The third-order valence-electron chi connectivity index (χ3n) is 3.76. The van der Waals surface area contributed by atoms with Crippen LogP contribution in [0.5, 0.6) is 0 Å². The van der Waals surface area contributed by atoms with Crippen LogP contribution in [-0.2, 0) is 16.4 Å². The van der Waals surface area contributed by atoms with Gasteiger partial charge in [-0.15, -0.1) is 0 Å². The van der Waals surface area contributed by atoms with Gasteiger partial charge in [-0.1, -0.05) is 26.0 Å². The molecule has 0 unspecified atom stereocenters. The zero-order valence-electron chi connectivity index (χ0n) is 12.6. The number of rotatable bonds is 4. The number of hydrogen-bond acceptors (Lipinski definition) is 4. The molecule has 1 N–H and O–H groups in total. The van der Waals surface area contributed by atoms with Crippen molar-refractivity contribution in [1.29, 1.82) is 0 Å². The predicted molar refractivity (Wildman–Crippen MR) is 87.1 cm³/mol. The van der Waals surface area contributed by atoms with Gasteiger partial charge < -0.3 is 5.11 Å². The summed E-state index contributed by atoms with van der Waals surface area (Å²) in [5.74, 6) is 0.828. The highest BCUT2D eigenvalue weighted by Crippen LogP contribution is 2.32. The quantitative estimate of drug-likeness (QED) is 0.919. The van der Waals surface area contributed by atoms with Crippen LogP contribution < -0.4 is 0 Å². The Morgan fingerprint density at radius 2 is 1.90 bits per heavy atom. The van der Waals surface area contributed by atoms with Crippen LogP contribution in [0.15, 0.2) is 29.2 Å². The Kier molecular flexibility index (Phi) is 5.35. The summed E-state index contributed by atoms with van der Waals surface area (Å²) in [4.78, 5) is 0.342. The average molecular weight is 329 g/mol.